The molecule has 1 aromatic carbocycles. The number of hydrogen-bond acceptors (Lipinski definition) is 15. The number of carbonyl (C=O) groups excluding carboxylic acids is 8. The Kier molecular flexibility index (Phi) is 29.8. The van der Waals surface area contributed by atoms with E-state index in [1.807, 2.05) is 27.7 Å². The van der Waals surface area contributed by atoms with E-state index in [4.69, 9.17) is 11.5 Å². The average Bonchev–Trinajstić information content (AvgIpc) is 3.89. The van der Waals surface area contributed by atoms with Crippen LogP contribution in [-0.4, -0.2) is 165 Å². The third-order valence-corrected chi connectivity index (χ3v) is 12.8. The molecular weight excluding hydrogens is 993 g/mol. The Morgan fingerprint density at radius 1 is 0.613 bits per heavy atom. The van der Waals surface area contributed by atoms with Gasteiger partial charge in [0.2, 0.25) is 47.3 Å². The number of aliphatic hydroxyl groups is 2. The number of hydrogen-bond donors (Lipinski definition) is 14. The number of unbranched alkanes of at least 4 members (excludes halogenated alkanes) is 1. The van der Waals surface area contributed by atoms with Crippen LogP contribution in [0.25, 0.3) is 0 Å². The second kappa shape index (κ2) is 34.4. The van der Waals surface area contributed by atoms with E-state index < -0.39 is 127 Å². The van der Waals surface area contributed by atoms with E-state index in [0.717, 1.165) is 0 Å². The number of nitrogens with zero attached hydrogens (tertiary/aromatic N) is 1. The molecule has 0 aliphatic rings. The third kappa shape index (κ3) is 23.5. The Morgan fingerprint density at radius 3 is 1.61 bits per heavy atom. The number of H-pyrrole nitrogens is 1. The first kappa shape index (κ1) is 65.0. The van der Waals surface area contributed by atoms with Gasteiger partial charge in [0.25, 0.3) is 0 Å². The molecule has 24 nitrogen and oxygen atoms in total. The van der Waals surface area contributed by atoms with Crippen molar-refractivity contribution in [2.24, 2.45) is 29.2 Å². The highest BCUT2D eigenvalue weighted by Gasteiger charge is 2.36. The highest BCUT2D eigenvalue weighted by atomic mass is 32.2. The van der Waals surface area contributed by atoms with Crippen LogP contribution in [-0.2, 0) is 56.0 Å². The molecule has 1 aromatic heterocycles. The number of aromatic amines is 1. The van der Waals surface area contributed by atoms with Crippen molar-refractivity contribution in [3.05, 3.63) is 54.1 Å². The van der Waals surface area contributed by atoms with Crippen molar-refractivity contribution in [1.29, 1.82) is 0 Å². The molecule has 10 atom stereocenters. The van der Waals surface area contributed by atoms with Crippen molar-refractivity contribution in [2.45, 2.75) is 154 Å². The maximum atomic E-state index is 14.4. The molecule has 0 fully saturated rings. The van der Waals surface area contributed by atoms with Crippen molar-refractivity contribution in [3.63, 3.8) is 0 Å². The van der Waals surface area contributed by atoms with Gasteiger partial charge < -0.3 is 74.3 Å². The topological polar surface area (TPSA) is 391 Å². The molecule has 0 saturated heterocycles. The molecule has 0 aliphatic carbocycles. The molecule has 1 heterocycles. The molecule has 16 N–H and O–H groups in total. The standard InChI is InChI=1S/C50H82N12O12S/c1-8-30(6)41(49(72)60-37(21-29(4)5)45(68)56-35(50(73)74)16-12-13-18-51)62-47(70)38(22-31-14-10-9-11-15-31)58-48(71)40(26-64)61-46(69)39(23-32-24-53-27-54-32)59-43(66)34(17-19-75-7)55-44(67)36(20-28(2)3)57-42(65)33(52)25-63/h9-11,14-15,24,27-30,33-41,63-64H,8,12-13,16-23,25-26,51-52H2,1-7H3,(H,53,54)(H,55,67)(H,56,68)(H,57,65)(H,58,71)(H,59,66)(H,60,72)(H,61,69)(H,62,70)(H,73,74)/t30-,33-,34-,35-,36-,37-,38-,39-,40-,41-/m0/s1. The van der Waals surface area contributed by atoms with Crippen molar-refractivity contribution < 1.29 is 58.5 Å². The summed E-state index contributed by atoms with van der Waals surface area (Å²) in [6.45, 7) is 9.50. The number of nitrogens with two attached hydrogens (primary N) is 2. The highest BCUT2D eigenvalue weighted by molar-refractivity contribution is 7.98. The van der Waals surface area contributed by atoms with Crippen LogP contribution < -0.4 is 54.0 Å². The summed E-state index contributed by atoms with van der Waals surface area (Å²) in [6.07, 6.45) is 6.14. The first-order valence-corrected chi connectivity index (χ1v) is 26.8. The van der Waals surface area contributed by atoms with E-state index in [9.17, 15) is 58.5 Å². The minimum absolute atomic E-state index is 0.0891. The lowest BCUT2D eigenvalue weighted by atomic mass is 9.95. The van der Waals surface area contributed by atoms with Crippen LogP contribution in [0.5, 0.6) is 0 Å². The predicted molar refractivity (Wildman–Crippen MR) is 282 cm³/mol. The molecule has 75 heavy (non-hydrogen) atoms. The van der Waals surface area contributed by atoms with Gasteiger partial charge in [-0.2, -0.15) is 11.8 Å². The number of carboxylic acid groups (broad SMARTS) is 1. The molecule has 0 radical (unpaired) electrons. The number of benzene rings is 1. The van der Waals surface area contributed by atoms with Gasteiger partial charge in [-0.1, -0.05) is 78.3 Å². The van der Waals surface area contributed by atoms with Gasteiger partial charge in [-0.3, -0.25) is 38.4 Å². The summed E-state index contributed by atoms with van der Waals surface area (Å²) in [5, 5.41) is 50.7. The zero-order chi connectivity index (χ0) is 56.2. The van der Waals surface area contributed by atoms with Crippen LogP contribution in [0.2, 0.25) is 0 Å². The monoisotopic (exact) mass is 1070 g/mol. The fourth-order valence-corrected chi connectivity index (χ4v) is 8.15. The summed E-state index contributed by atoms with van der Waals surface area (Å²) < 4.78 is 0. The number of thioether (sulfide) groups is 1. The largest absolute Gasteiger partial charge is 0.480 e. The predicted octanol–water partition coefficient (Wildman–Crippen LogP) is -1.51. The van der Waals surface area contributed by atoms with Gasteiger partial charge in [0.15, 0.2) is 0 Å². The van der Waals surface area contributed by atoms with Gasteiger partial charge in [-0.25, -0.2) is 9.78 Å². The summed E-state index contributed by atoms with van der Waals surface area (Å²) >= 11 is 1.39. The molecule has 2 aromatic rings. The summed E-state index contributed by atoms with van der Waals surface area (Å²) in [4.78, 5) is 130. The van der Waals surface area contributed by atoms with E-state index in [-0.39, 0.29) is 50.4 Å². The Labute approximate surface area is 443 Å². The van der Waals surface area contributed by atoms with Crippen LogP contribution in [0.4, 0.5) is 0 Å². The smallest absolute Gasteiger partial charge is 0.326 e. The molecule has 0 bridgehead atoms. The lowest BCUT2D eigenvalue weighted by Gasteiger charge is -2.30. The number of aliphatic hydroxyl groups excluding tert-OH is 2. The minimum atomic E-state index is -1.70. The minimum Gasteiger partial charge on any atom is -0.480 e. The van der Waals surface area contributed by atoms with Gasteiger partial charge in [0, 0.05) is 24.7 Å². The van der Waals surface area contributed by atoms with Crippen molar-refractivity contribution in [2.75, 3.05) is 31.8 Å². The number of aliphatic carboxylic acids is 1. The fraction of sp³-hybridized carbons (Fsp3) is 0.640. The van der Waals surface area contributed by atoms with Crippen LogP contribution in [0.15, 0.2) is 42.9 Å². The summed E-state index contributed by atoms with van der Waals surface area (Å²) in [5.74, 6) is -8.07. The summed E-state index contributed by atoms with van der Waals surface area (Å²) in [5.41, 5.74) is 12.2. The number of aromatic nitrogens is 2. The zero-order valence-electron chi connectivity index (χ0n) is 44.2. The van der Waals surface area contributed by atoms with E-state index >= 15 is 0 Å². The van der Waals surface area contributed by atoms with Crippen LogP contribution in [0.1, 0.15) is 97.7 Å². The molecule has 25 heteroatoms. The quantitative estimate of drug-likeness (QED) is 0.0345. The fourth-order valence-electron chi connectivity index (χ4n) is 7.68. The third-order valence-electron chi connectivity index (χ3n) is 12.2. The lowest BCUT2D eigenvalue weighted by molar-refractivity contribution is -0.142. The second-order valence-electron chi connectivity index (χ2n) is 19.4. The van der Waals surface area contributed by atoms with E-state index in [0.29, 0.717) is 42.8 Å². The molecule has 8 amide bonds. The normalized spacial score (nSPS) is 15.3. The first-order valence-electron chi connectivity index (χ1n) is 25.4. The molecule has 0 spiro atoms. The van der Waals surface area contributed by atoms with Gasteiger partial charge in [-0.05, 0) is 80.4 Å². The first-order chi connectivity index (χ1) is 35.6. The Hall–Kier alpha value is -6.15. The van der Waals surface area contributed by atoms with E-state index in [2.05, 4.69) is 52.5 Å². The van der Waals surface area contributed by atoms with E-state index in [1.54, 1.807) is 50.4 Å². The van der Waals surface area contributed by atoms with Crippen LogP contribution >= 0.6 is 11.8 Å². The highest BCUT2D eigenvalue weighted by Crippen LogP contribution is 2.14. The number of carbonyl (C=O) groups is 9. The molecule has 0 aliphatic heterocycles. The van der Waals surface area contributed by atoms with Gasteiger partial charge in [0.1, 0.15) is 54.4 Å². The van der Waals surface area contributed by atoms with Crippen LogP contribution in [0.3, 0.4) is 0 Å². The second-order valence-corrected chi connectivity index (χ2v) is 20.4. The Bertz CT molecular complexity index is 2120. The average molecular weight is 1080 g/mol. The zero-order valence-corrected chi connectivity index (χ0v) is 45.0. The number of rotatable bonds is 36. The summed E-state index contributed by atoms with van der Waals surface area (Å²) in [7, 11) is 0. The molecular formula is C50H82N12O12S. The lowest BCUT2D eigenvalue weighted by Crippen LogP contribution is -2.62. The van der Waals surface area contributed by atoms with Gasteiger partial charge in [-0.15, -0.1) is 0 Å². The van der Waals surface area contributed by atoms with Crippen molar-refractivity contribution in [3.8, 4) is 0 Å². The van der Waals surface area contributed by atoms with Gasteiger partial charge in [0.05, 0.1) is 19.5 Å². The van der Waals surface area contributed by atoms with Crippen LogP contribution in [0, 0.1) is 17.8 Å². The number of nitrogens with one attached hydrogen (secondary N) is 9. The molecule has 0 unspecified atom stereocenters. The molecule has 0 saturated carbocycles. The molecule has 2 rings (SSSR count). The van der Waals surface area contributed by atoms with Crippen molar-refractivity contribution in [1.82, 2.24) is 52.5 Å². The maximum Gasteiger partial charge on any atom is 0.326 e. The maximum absolute atomic E-state index is 14.4. The van der Waals surface area contributed by atoms with Gasteiger partial charge >= 0.3 is 5.97 Å². The Morgan fingerprint density at radius 2 is 1.11 bits per heavy atom. The van der Waals surface area contributed by atoms with E-state index in [1.165, 1.54) is 24.3 Å². The number of amides is 8. The Balaban J connectivity index is 2.44. The SMILES string of the molecule is CC[C@H](C)[C@H](NC(=O)[C@H](Cc1ccccc1)NC(=O)[C@H](CO)NC(=O)[C@H](Cc1cnc[nH]1)NC(=O)[C@H](CCSC)NC(=O)[C@H](CC(C)C)NC(=O)[C@@H](N)CO)C(=O)N[C@@H](CC(C)C)C(=O)N[C@@H](CCCCN)C(=O)O. The number of carboxylic acids is 1. The van der Waals surface area contributed by atoms with Crippen molar-refractivity contribution >= 4 is 65.0 Å². The molecule has 420 valence electrons. The summed E-state index contributed by atoms with van der Waals surface area (Å²) in [6, 6.07) is -3.26. The number of imidazole rings is 1.